The van der Waals surface area contributed by atoms with E-state index >= 15 is 0 Å². The fourth-order valence-electron chi connectivity index (χ4n) is 1.11. The lowest BCUT2D eigenvalue weighted by atomic mass is 10.4. The Balaban J connectivity index is 2.81. The summed E-state index contributed by atoms with van der Waals surface area (Å²) in [6.07, 6.45) is 1.16. The van der Waals surface area contributed by atoms with Gasteiger partial charge in [-0.1, -0.05) is 0 Å². The van der Waals surface area contributed by atoms with E-state index in [0.717, 1.165) is 6.20 Å². The summed E-state index contributed by atoms with van der Waals surface area (Å²) in [5.74, 6) is 0.0205. The van der Waals surface area contributed by atoms with Crippen LogP contribution in [0.5, 0.6) is 0 Å². The van der Waals surface area contributed by atoms with Gasteiger partial charge in [-0.3, -0.25) is 5.10 Å². The zero-order valence-corrected chi connectivity index (χ0v) is 9.34. The van der Waals surface area contributed by atoms with Crippen LogP contribution < -0.4 is 10.5 Å². The SMILES string of the molecule is COCC(C)NS(=O)(=O)c1cn[nH]c1N. The number of ether oxygens (including phenoxy) is 1. The predicted octanol–water partition coefficient (Wildman–Crippen LogP) is -0.695. The lowest BCUT2D eigenvalue weighted by Crippen LogP contribution is -2.35. The van der Waals surface area contributed by atoms with E-state index in [0.29, 0.717) is 0 Å². The third kappa shape index (κ3) is 2.91. The molecule has 0 aliphatic heterocycles. The number of aromatic nitrogens is 2. The summed E-state index contributed by atoms with van der Waals surface area (Å²) in [4.78, 5) is -0.0505. The van der Waals surface area contributed by atoms with Crippen LogP contribution in [0.1, 0.15) is 6.92 Å². The number of aromatic amines is 1. The van der Waals surface area contributed by atoms with E-state index in [1.807, 2.05) is 0 Å². The second-order valence-corrected chi connectivity index (χ2v) is 4.81. The first kappa shape index (κ1) is 12.0. The van der Waals surface area contributed by atoms with Crippen LogP contribution >= 0.6 is 0 Å². The molecular formula is C7H14N4O3S. The molecule has 0 saturated heterocycles. The summed E-state index contributed by atoms with van der Waals surface area (Å²) in [6, 6.07) is -0.325. The topological polar surface area (TPSA) is 110 Å². The van der Waals surface area contributed by atoms with Crippen molar-refractivity contribution in [3.63, 3.8) is 0 Å². The third-order valence-electron chi connectivity index (χ3n) is 1.69. The molecule has 1 aromatic rings. The standard InChI is InChI=1S/C7H14N4O3S/c1-5(4-14-2)11-15(12,13)6-3-9-10-7(6)8/h3,5,11H,4H2,1-2H3,(H3,8,9,10). The van der Waals surface area contributed by atoms with Crippen LogP contribution in [0.2, 0.25) is 0 Å². The molecule has 0 spiro atoms. The highest BCUT2D eigenvalue weighted by Gasteiger charge is 2.21. The molecule has 0 bridgehead atoms. The van der Waals surface area contributed by atoms with Crippen LogP contribution in [-0.4, -0.2) is 38.4 Å². The molecule has 0 fully saturated rings. The molecule has 8 heteroatoms. The first-order chi connectivity index (χ1) is 6.97. The average molecular weight is 234 g/mol. The highest BCUT2D eigenvalue weighted by molar-refractivity contribution is 7.89. The van der Waals surface area contributed by atoms with Crippen molar-refractivity contribution in [3.05, 3.63) is 6.20 Å². The van der Waals surface area contributed by atoms with Gasteiger partial charge in [-0.2, -0.15) is 5.10 Å². The van der Waals surface area contributed by atoms with Gasteiger partial charge in [0.25, 0.3) is 0 Å². The summed E-state index contributed by atoms with van der Waals surface area (Å²) in [7, 11) is -2.12. The highest BCUT2D eigenvalue weighted by Crippen LogP contribution is 2.13. The summed E-state index contributed by atoms with van der Waals surface area (Å²) < 4.78 is 30.6. The van der Waals surface area contributed by atoms with Crippen LogP contribution in [0.15, 0.2) is 11.1 Å². The number of anilines is 1. The molecule has 0 amide bonds. The predicted molar refractivity (Wildman–Crippen MR) is 54.7 cm³/mol. The van der Waals surface area contributed by atoms with E-state index in [9.17, 15) is 8.42 Å². The molecule has 0 aromatic carbocycles. The molecular weight excluding hydrogens is 220 g/mol. The van der Waals surface area contributed by atoms with Crippen LogP contribution in [0.4, 0.5) is 5.82 Å². The molecule has 4 N–H and O–H groups in total. The molecule has 1 atom stereocenters. The molecule has 7 nitrogen and oxygen atoms in total. The normalized spacial score (nSPS) is 14.0. The minimum absolute atomic E-state index is 0.0205. The maximum Gasteiger partial charge on any atom is 0.246 e. The molecule has 0 radical (unpaired) electrons. The van der Waals surface area contributed by atoms with E-state index in [4.69, 9.17) is 10.5 Å². The summed E-state index contributed by atoms with van der Waals surface area (Å²) in [5.41, 5.74) is 5.41. The molecule has 0 aliphatic carbocycles. The smallest absolute Gasteiger partial charge is 0.246 e. The van der Waals surface area contributed by atoms with Crippen molar-refractivity contribution >= 4 is 15.8 Å². The Labute approximate surface area is 88.1 Å². The van der Waals surface area contributed by atoms with Gasteiger partial charge >= 0.3 is 0 Å². The van der Waals surface area contributed by atoms with E-state index < -0.39 is 10.0 Å². The monoisotopic (exact) mass is 234 g/mol. The van der Waals surface area contributed by atoms with Crippen molar-refractivity contribution in [2.75, 3.05) is 19.5 Å². The summed E-state index contributed by atoms with van der Waals surface area (Å²) >= 11 is 0. The first-order valence-electron chi connectivity index (χ1n) is 4.27. The Morgan fingerprint density at radius 2 is 2.40 bits per heavy atom. The number of nitrogens with zero attached hydrogens (tertiary/aromatic N) is 1. The van der Waals surface area contributed by atoms with E-state index in [1.54, 1.807) is 6.92 Å². The Bertz CT molecular complexity index is 414. The van der Waals surface area contributed by atoms with Crippen LogP contribution in [0, 0.1) is 0 Å². The van der Waals surface area contributed by atoms with Gasteiger partial charge < -0.3 is 10.5 Å². The maximum absolute atomic E-state index is 11.7. The van der Waals surface area contributed by atoms with Gasteiger partial charge in [-0.15, -0.1) is 0 Å². The number of nitrogens with two attached hydrogens (primary N) is 1. The number of sulfonamides is 1. The van der Waals surface area contributed by atoms with Crippen molar-refractivity contribution in [1.82, 2.24) is 14.9 Å². The lowest BCUT2D eigenvalue weighted by Gasteiger charge is -2.12. The quantitative estimate of drug-likeness (QED) is 0.624. The summed E-state index contributed by atoms with van der Waals surface area (Å²) in [6.45, 7) is 1.98. The molecule has 1 aromatic heterocycles. The van der Waals surface area contributed by atoms with Gasteiger partial charge in [0.2, 0.25) is 10.0 Å². The fraction of sp³-hybridized carbons (Fsp3) is 0.571. The summed E-state index contributed by atoms with van der Waals surface area (Å²) in [5, 5.41) is 5.90. The van der Waals surface area contributed by atoms with Gasteiger partial charge in [0, 0.05) is 13.2 Å². The van der Waals surface area contributed by atoms with Crippen LogP contribution in [0.3, 0.4) is 0 Å². The minimum Gasteiger partial charge on any atom is -0.383 e. The van der Waals surface area contributed by atoms with Crippen LogP contribution in [-0.2, 0) is 14.8 Å². The Morgan fingerprint density at radius 3 is 2.87 bits per heavy atom. The largest absolute Gasteiger partial charge is 0.383 e. The molecule has 15 heavy (non-hydrogen) atoms. The molecule has 0 saturated carbocycles. The highest BCUT2D eigenvalue weighted by atomic mass is 32.2. The van der Waals surface area contributed by atoms with Crippen molar-refractivity contribution in [1.29, 1.82) is 0 Å². The number of methoxy groups -OCH3 is 1. The van der Waals surface area contributed by atoms with Crippen molar-refractivity contribution in [3.8, 4) is 0 Å². The van der Waals surface area contributed by atoms with Gasteiger partial charge in [0.1, 0.15) is 10.7 Å². The molecule has 0 aliphatic rings. The third-order valence-corrected chi connectivity index (χ3v) is 3.31. The number of H-pyrrole nitrogens is 1. The van der Waals surface area contributed by atoms with E-state index in [2.05, 4.69) is 14.9 Å². The average Bonchev–Trinajstić information content (AvgIpc) is 2.51. The fourth-order valence-corrected chi connectivity index (χ4v) is 2.36. The number of nitrogens with one attached hydrogen (secondary N) is 2. The van der Waals surface area contributed by atoms with Gasteiger partial charge in [-0.25, -0.2) is 13.1 Å². The first-order valence-corrected chi connectivity index (χ1v) is 5.76. The second kappa shape index (κ2) is 4.60. The molecule has 1 rings (SSSR count). The number of nitrogen functional groups attached to an aromatic ring is 1. The van der Waals surface area contributed by atoms with Gasteiger partial charge in [0.05, 0.1) is 12.8 Å². The van der Waals surface area contributed by atoms with Gasteiger partial charge in [-0.05, 0) is 6.92 Å². The molecule has 1 unspecified atom stereocenters. The van der Waals surface area contributed by atoms with Crippen molar-refractivity contribution in [2.45, 2.75) is 17.9 Å². The van der Waals surface area contributed by atoms with Gasteiger partial charge in [0.15, 0.2) is 0 Å². The van der Waals surface area contributed by atoms with Crippen molar-refractivity contribution in [2.24, 2.45) is 0 Å². The number of hydrogen-bond donors (Lipinski definition) is 3. The Morgan fingerprint density at radius 1 is 1.73 bits per heavy atom. The molecule has 1 heterocycles. The van der Waals surface area contributed by atoms with Crippen LogP contribution in [0.25, 0.3) is 0 Å². The minimum atomic E-state index is -3.62. The number of rotatable bonds is 5. The molecule has 86 valence electrons. The van der Waals surface area contributed by atoms with E-state index in [-0.39, 0.29) is 23.4 Å². The second-order valence-electron chi connectivity index (χ2n) is 3.13. The lowest BCUT2D eigenvalue weighted by molar-refractivity contribution is 0.180. The van der Waals surface area contributed by atoms with Crippen molar-refractivity contribution < 1.29 is 13.2 Å². The Kier molecular flexibility index (Phi) is 3.66. The maximum atomic E-state index is 11.7. The number of hydrogen-bond acceptors (Lipinski definition) is 5. The zero-order valence-electron chi connectivity index (χ0n) is 8.52. The Hall–Kier alpha value is -1.12. The zero-order chi connectivity index (χ0) is 11.5. The van der Waals surface area contributed by atoms with E-state index in [1.165, 1.54) is 7.11 Å².